The molecular formula is C24H21N. The Morgan fingerprint density at radius 1 is 0.760 bits per heavy atom. The molecule has 0 aromatic heterocycles. The molecule has 1 heteroatoms. The molecular weight excluding hydrogens is 302 g/mol. The fraction of sp³-hybridized carbons (Fsp3) is 0.125. The predicted molar refractivity (Wildman–Crippen MR) is 109 cm³/mol. The summed E-state index contributed by atoms with van der Waals surface area (Å²) in [5.41, 5.74) is 2.58. The summed E-state index contributed by atoms with van der Waals surface area (Å²) in [6.07, 6.45) is 2.92. The second kappa shape index (κ2) is 6.90. The molecule has 1 nitrogen and oxygen atoms in total. The SMILES string of the molecule is CC(N=CCc1cccc2ccccc12)c1ccc2ccccc2c1. The summed E-state index contributed by atoms with van der Waals surface area (Å²) in [4.78, 5) is 4.78. The van der Waals surface area contributed by atoms with E-state index in [1.54, 1.807) is 0 Å². The van der Waals surface area contributed by atoms with E-state index < -0.39 is 0 Å². The lowest BCUT2D eigenvalue weighted by molar-refractivity contribution is 0.824. The van der Waals surface area contributed by atoms with Gasteiger partial charge in [0.1, 0.15) is 0 Å². The second-order valence-electron chi connectivity index (χ2n) is 6.46. The molecule has 1 atom stereocenters. The topological polar surface area (TPSA) is 12.4 Å². The van der Waals surface area contributed by atoms with Gasteiger partial charge in [0.2, 0.25) is 0 Å². The minimum atomic E-state index is 0.166. The summed E-state index contributed by atoms with van der Waals surface area (Å²) in [6.45, 7) is 2.16. The van der Waals surface area contributed by atoms with Crippen LogP contribution in [0.5, 0.6) is 0 Å². The van der Waals surface area contributed by atoms with Crippen molar-refractivity contribution in [2.75, 3.05) is 0 Å². The van der Waals surface area contributed by atoms with Crippen molar-refractivity contribution in [3.63, 3.8) is 0 Å². The Morgan fingerprint density at radius 2 is 1.48 bits per heavy atom. The van der Waals surface area contributed by atoms with Gasteiger partial charge in [-0.3, -0.25) is 4.99 Å². The van der Waals surface area contributed by atoms with Gasteiger partial charge in [0, 0.05) is 12.6 Å². The maximum Gasteiger partial charge on any atom is 0.0717 e. The zero-order valence-corrected chi connectivity index (χ0v) is 14.4. The standard InChI is InChI=1S/C24H21N/c1-18(22-14-13-19-7-2-3-9-23(19)17-22)25-16-15-21-11-6-10-20-8-4-5-12-24(20)21/h2-14,16-18H,15H2,1H3. The lowest BCUT2D eigenvalue weighted by atomic mass is 10.0. The van der Waals surface area contributed by atoms with Crippen LogP contribution in [0.3, 0.4) is 0 Å². The monoisotopic (exact) mass is 323 g/mol. The fourth-order valence-electron chi connectivity index (χ4n) is 3.33. The van der Waals surface area contributed by atoms with Crippen LogP contribution in [0.1, 0.15) is 24.1 Å². The first kappa shape index (κ1) is 15.6. The lowest BCUT2D eigenvalue weighted by Gasteiger charge is -2.09. The zero-order chi connectivity index (χ0) is 17.1. The van der Waals surface area contributed by atoms with Crippen LogP contribution in [0.2, 0.25) is 0 Å². The summed E-state index contributed by atoms with van der Waals surface area (Å²) < 4.78 is 0. The van der Waals surface area contributed by atoms with Crippen LogP contribution in [0.25, 0.3) is 21.5 Å². The van der Waals surface area contributed by atoms with E-state index in [1.807, 2.05) is 0 Å². The lowest BCUT2D eigenvalue weighted by Crippen LogP contribution is -1.93. The maximum absolute atomic E-state index is 4.78. The summed E-state index contributed by atoms with van der Waals surface area (Å²) in [7, 11) is 0. The quantitative estimate of drug-likeness (QED) is 0.387. The Morgan fingerprint density at radius 3 is 2.36 bits per heavy atom. The van der Waals surface area contributed by atoms with Crippen LogP contribution < -0.4 is 0 Å². The summed E-state index contributed by atoms with van der Waals surface area (Å²) in [6, 6.07) is 30.2. The fourth-order valence-corrected chi connectivity index (χ4v) is 3.33. The third-order valence-electron chi connectivity index (χ3n) is 4.78. The van der Waals surface area contributed by atoms with Gasteiger partial charge in [-0.15, -0.1) is 0 Å². The second-order valence-corrected chi connectivity index (χ2v) is 6.46. The molecule has 0 fully saturated rings. The van der Waals surface area contributed by atoms with Gasteiger partial charge in [0.15, 0.2) is 0 Å². The Balaban J connectivity index is 1.54. The van der Waals surface area contributed by atoms with Gasteiger partial charge in [-0.05, 0) is 45.7 Å². The molecule has 0 heterocycles. The predicted octanol–water partition coefficient (Wildman–Crippen LogP) is 6.37. The first-order valence-corrected chi connectivity index (χ1v) is 8.78. The highest BCUT2D eigenvalue weighted by Crippen LogP contribution is 2.23. The van der Waals surface area contributed by atoms with Gasteiger partial charge < -0.3 is 0 Å². The highest BCUT2D eigenvalue weighted by molar-refractivity contribution is 5.87. The number of fused-ring (bicyclic) bond motifs is 2. The molecule has 1 unspecified atom stereocenters. The Bertz CT molecular complexity index is 1040. The molecule has 4 rings (SSSR count). The normalized spacial score (nSPS) is 12.8. The molecule has 0 N–H and O–H groups in total. The van der Waals surface area contributed by atoms with Gasteiger partial charge in [0.05, 0.1) is 6.04 Å². The molecule has 0 aliphatic heterocycles. The first-order chi connectivity index (χ1) is 12.3. The molecule has 0 radical (unpaired) electrons. The van der Waals surface area contributed by atoms with E-state index in [2.05, 4.69) is 98.1 Å². The van der Waals surface area contributed by atoms with Crippen molar-refractivity contribution < 1.29 is 0 Å². The molecule has 25 heavy (non-hydrogen) atoms. The Hall–Kier alpha value is -2.93. The molecule has 0 spiro atoms. The highest BCUT2D eigenvalue weighted by Gasteiger charge is 2.04. The van der Waals surface area contributed by atoms with Gasteiger partial charge in [-0.2, -0.15) is 0 Å². The number of aliphatic imine (C=N–C) groups is 1. The maximum atomic E-state index is 4.78. The molecule has 0 bridgehead atoms. The van der Waals surface area contributed by atoms with E-state index >= 15 is 0 Å². The van der Waals surface area contributed by atoms with Crippen molar-refractivity contribution >= 4 is 27.8 Å². The third-order valence-corrected chi connectivity index (χ3v) is 4.78. The van der Waals surface area contributed by atoms with Crippen molar-refractivity contribution in [3.05, 3.63) is 96.1 Å². The Kier molecular flexibility index (Phi) is 4.30. The molecule has 0 aliphatic carbocycles. The molecule has 122 valence electrons. The summed E-state index contributed by atoms with van der Waals surface area (Å²) >= 11 is 0. The van der Waals surface area contributed by atoms with Gasteiger partial charge in [-0.1, -0.05) is 78.9 Å². The molecule has 0 saturated heterocycles. The minimum Gasteiger partial charge on any atom is -0.289 e. The van der Waals surface area contributed by atoms with Crippen LogP contribution in [-0.2, 0) is 6.42 Å². The van der Waals surface area contributed by atoms with E-state index in [1.165, 1.54) is 32.7 Å². The van der Waals surface area contributed by atoms with Crippen molar-refractivity contribution in [1.82, 2.24) is 0 Å². The third kappa shape index (κ3) is 3.32. The van der Waals surface area contributed by atoms with Crippen LogP contribution >= 0.6 is 0 Å². The van der Waals surface area contributed by atoms with Crippen LogP contribution in [0, 0.1) is 0 Å². The molecule has 0 aliphatic rings. The molecule has 4 aromatic carbocycles. The number of benzene rings is 4. The number of hydrogen-bond donors (Lipinski definition) is 0. The van der Waals surface area contributed by atoms with Gasteiger partial charge >= 0.3 is 0 Å². The smallest absolute Gasteiger partial charge is 0.0717 e. The average molecular weight is 323 g/mol. The molecule has 0 saturated carbocycles. The Labute approximate surface area is 148 Å². The van der Waals surface area contributed by atoms with Crippen LogP contribution in [0.4, 0.5) is 0 Å². The average Bonchev–Trinajstić information content (AvgIpc) is 2.67. The van der Waals surface area contributed by atoms with Gasteiger partial charge in [-0.25, -0.2) is 0 Å². The van der Waals surface area contributed by atoms with Crippen LogP contribution in [-0.4, -0.2) is 6.21 Å². The number of nitrogens with zero attached hydrogens (tertiary/aromatic N) is 1. The van der Waals surface area contributed by atoms with E-state index in [0.29, 0.717) is 0 Å². The number of rotatable bonds is 4. The number of hydrogen-bond acceptors (Lipinski definition) is 1. The summed E-state index contributed by atoms with van der Waals surface area (Å²) in [5, 5.41) is 5.15. The van der Waals surface area contributed by atoms with E-state index in [9.17, 15) is 0 Å². The van der Waals surface area contributed by atoms with E-state index in [-0.39, 0.29) is 6.04 Å². The van der Waals surface area contributed by atoms with Crippen molar-refractivity contribution in [2.24, 2.45) is 4.99 Å². The van der Waals surface area contributed by atoms with Gasteiger partial charge in [0.25, 0.3) is 0 Å². The van der Waals surface area contributed by atoms with Crippen molar-refractivity contribution in [1.29, 1.82) is 0 Å². The minimum absolute atomic E-state index is 0.166. The van der Waals surface area contributed by atoms with E-state index in [0.717, 1.165) is 6.42 Å². The zero-order valence-electron chi connectivity index (χ0n) is 14.4. The van der Waals surface area contributed by atoms with E-state index in [4.69, 9.17) is 4.99 Å². The van der Waals surface area contributed by atoms with Crippen molar-refractivity contribution in [2.45, 2.75) is 19.4 Å². The highest BCUT2D eigenvalue weighted by atomic mass is 14.8. The molecule has 4 aromatic rings. The van der Waals surface area contributed by atoms with Crippen molar-refractivity contribution in [3.8, 4) is 0 Å². The largest absolute Gasteiger partial charge is 0.289 e. The summed E-state index contributed by atoms with van der Waals surface area (Å²) in [5.74, 6) is 0. The van der Waals surface area contributed by atoms with Crippen LogP contribution in [0.15, 0.2) is 89.9 Å². The molecule has 0 amide bonds. The first-order valence-electron chi connectivity index (χ1n) is 8.78.